The Labute approximate surface area is 171 Å². The van der Waals surface area contributed by atoms with Gasteiger partial charge in [0.25, 0.3) is 5.91 Å². The molecule has 0 aromatic carbocycles. The number of carbonyl (C=O) groups excluding carboxylic acids is 1. The van der Waals surface area contributed by atoms with Gasteiger partial charge >= 0.3 is 0 Å². The van der Waals surface area contributed by atoms with E-state index >= 15 is 0 Å². The first kappa shape index (κ1) is 20.2. The van der Waals surface area contributed by atoms with E-state index in [0.29, 0.717) is 23.4 Å². The lowest BCUT2D eigenvalue weighted by Gasteiger charge is -2.35. The molecular weight excluding hydrogens is 392 g/mol. The monoisotopic (exact) mass is 415 g/mol. The number of nitrogens with two attached hydrogens (primary N) is 1. The van der Waals surface area contributed by atoms with Crippen molar-refractivity contribution in [2.45, 2.75) is 51.5 Å². The van der Waals surface area contributed by atoms with Crippen molar-refractivity contribution in [3.63, 3.8) is 0 Å². The zero-order chi connectivity index (χ0) is 21.8. The van der Waals surface area contributed by atoms with Crippen LogP contribution in [-0.2, 0) is 12.0 Å². The minimum Gasteiger partial charge on any atom is -0.364 e. The number of primary amides is 1. The topological polar surface area (TPSA) is 107 Å². The maximum atomic E-state index is 13.3. The number of rotatable bonds is 4. The van der Waals surface area contributed by atoms with Crippen molar-refractivity contribution >= 4 is 16.8 Å². The summed E-state index contributed by atoms with van der Waals surface area (Å²) in [5, 5.41) is 4.77. The Bertz CT molecular complexity index is 1200. The molecule has 3 heterocycles. The van der Waals surface area contributed by atoms with Crippen molar-refractivity contribution in [3.05, 3.63) is 46.0 Å². The van der Waals surface area contributed by atoms with E-state index in [1.807, 2.05) is 26.8 Å². The molecule has 9 heteroatoms. The van der Waals surface area contributed by atoms with Gasteiger partial charge in [-0.1, -0.05) is 20.8 Å². The second-order valence-electron chi connectivity index (χ2n) is 8.97. The fourth-order valence-electron chi connectivity index (χ4n) is 3.82. The van der Waals surface area contributed by atoms with Crippen LogP contribution in [0.2, 0.25) is 0 Å². The van der Waals surface area contributed by atoms with Gasteiger partial charge in [0, 0.05) is 37.1 Å². The molecule has 0 bridgehead atoms. The Morgan fingerprint density at radius 3 is 2.63 bits per heavy atom. The van der Waals surface area contributed by atoms with E-state index in [1.165, 1.54) is 12.3 Å². The minimum atomic E-state index is -2.61. The van der Waals surface area contributed by atoms with Crippen molar-refractivity contribution in [1.82, 2.24) is 19.7 Å². The molecule has 0 radical (unpaired) electrons. The molecule has 7 nitrogen and oxygen atoms in total. The largest absolute Gasteiger partial charge is 0.364 e. The summed E-state index contributed by atoms with van der Waals surface area (Å²) in [7, 11) is 0. The normalized spacial score (nSPS) is 16.6. The smallest absolute Gasteiger partial charge is 0.268 e. The van der Waals surface area contributed by atoms with Crippen molar-refractivity contribution < 1.29 is 13.6 Å². The molecule has 0 atom stereocenters. The molecule has 1 aliphatic rings. The van der Waals surface area contributed by atoms with Crippen LogP contribution in [0.1, 0.15) is 49.8 Å². The predicted molar refractivity (Wildman–Crippen MR) is 108 cm³/mol. The molecule has 0 saturated heterocycles. The Morgan fingerprint density at radius 2 is 2.03 bits per heavy atom. The van der Waals surface area contributed by atoms with Crippen LogP contribution in [0.15, 0.2) is 29.2 Å². The number of pyridine rings is 2. The second-order valence-corrected chi connectivity index (χ2v) is 8.97. The Morgan fingerprint density at radius 1 is 1.33 bits per heavy atom. The lowest BCUT2D eigenvalue weighted by atomic mass is 9.81. The minimum absolute atomic E-state index is 0.0964. The van der Waals surface area contributed by atoms with Crippen LogP contribution in [-0.4, -0.2) is 31.6 Å². The van der Waals surface area contributed by atoms with E-state index in [-0.39, 0.29) is 35.3 Å². The van der Waals surface area contributed by atoms with Gasteiger partial charge in [-0.3, -0.25) is 19.3 Å². The number of carbonyl (C=O) groups is 1. The highest BCUT2D eigenvalue weighted by Gasteiger charge is 2.45. The Kier molecular flexibility index (Phi) is 4.52. The summed E-state index contributed by atoms with van der Waals surface area (Å²) < 4.78 is 28.3. The van der Waals surface area contributed by atoms with Gasteiger partial charge in [0.05, 0.1) is 28.0 Å². The summed E-state index contributed by atoms with van der Waals surface area (Å²) in [6.45, 7) is 6.36. The molecule has 0 spiro atoms. The average Bonchev–Trinajstić information content (AvgIpc) is 3.03. The maximum absolute atomic E-state index is 13.3. The highest BCUT2D eigenvalue weighted by Crippen LogP contribution is 2.43. The molecule has 30 heavy (non-hydrogen) atoms. The first-order valence-electron chi connectivity index (χ1n) is 9.73. The summed E-state index contributed by atoms with van der Waals surface area (Å²) in [4.78, 5) is 31.5. The summed E-state index contributed by atoms with van der Waals surface area (Å²) >= 11 is 0. The van der Waals surface area contributed by atoms with Crippen LogP contribution in [0.4, 0.5) is 8.78 Å². The van der Waals surface area contributed by atoms with Gasteiger partial charge in [-0.05, 0) is 18.1 Å². The molecule has 4 rings (SSSR count). The fraction of sp³-hybridized carbons (Fsp3) is 0.429. The summed E-state index contributed by atoms with van der Waals surface area (Å²) in [5.74, 6) is -3.57. The number of alkyl halides is 2. The molecule has 1 saturated carbocycles. The number of nitrogens with zero attached hydrogens (tertiary/aromatic N) is 3. The Balaban J connectivity index is 1.83. The molecule has 0 unspecified atom stereocenters. The lowest BCUT2D eigenvalue weighted by Crippen LogP contribution is -2.38. The quantitative estimate of drug-likeness (QED) is 0.682. The number of halogens is 2. The standard InChI is InChI=1S/C21H23F2N5O2/c1-20(2,3)16-7-14(28(27-16)10-11-8-21(22,23)9-11)13-6-15(29)17-12(26-13)4-5-25-18(17)19(24)30/h4-7,11H,8-10H2,1-3H3,(H2,24,30)(H,26,29). The highest BCUT2D eigenvalue weighted by atomic mass is 19.3. The van der Waals surface area contributed by atoms with E-state index in [2.05, 4.69) is 15.1 Å². The van der Waals surface area contributed by atoms with Crippen LogP contribution < -0.4 is 11.2 Å². The van der Waals surface area contributed by atoms with Crippen molar-refractivity contribution in [2.75, 3.05) is 0 Å². The maximum Gasteiger partial charge on any atom is 0.268 e. The number of hydrogen-bond donors (Lipinski definition) is 2. The summed E-state index contributed by atoms with van der Waals surface area (Å²) in [5.41, 5.74) is 6.91. The molecule has 3 aromatic heterocycles. The molecular formula is C21H23F2N5O2. The van der Waals surface area contributed by atoms with Crippen LogP contribution >= 0.6 is 0 Å². The van der Waals surface area contributed by atoms with Crippen molar-refractivity contribution in [3.8, 4) is 11.4 Å². The van der Waals surface area contributed by atoms with E-state index in [9.17, 15) is 18.4 Å². The number of aromatic amines is 1. The van der Waals surface area contributed by atoms with E-state index < -0.39 is 17.3 Å². The van der Waals surface area contributed by atoms with Gasteiger partial charge in [0.2, 0.25) is 5.92 Å². The van der Waals surface area contributed by atoms with Gasteiger partial charge in [-0.25, -0.2) is 8.78 Å². The molecule has 3 aromatic rings. The number of aromatic nitrogens is 4. The third-order valence-electron chi connectivity index (χ3n) is 5.41. The molecule has 1 amide bonds. The van der Waals surface area contributed by atoms with Crippen molar-refractivity contribution in [2.24, 2.45) is 11.7 Å². The molecule has 0 aliphatic heterocycles. The molecule has 3 N–H and O–H groups in total. The molecule has 1 fully saturated rings. The predicted octanol–water partition coefficient (Wildman–Crippen LogP) is 3.23. The zero-order valence-corrected chi connectivity index (χ0v) is 17.0. The van der Waals surface area contributed by atoms with Gasteiger partial charge in [0.1, 0.15) is 5.69 Å². The van der Waals surface area contributed by atoms with Crippen LogP contribution in [0.3, 0.4) is 0 Å². The lowest BCUT2D eigenvalue weighted by molar-refractivity contribution is -0.114. The van der Waals surface area contributed by atoms with E-state index in [0.717, 1.165) is 5.69 Å². The third kappa shape index (κ3) is 3.59. The molecule has 1 aliphatic carbocycles. The van der Waals surface area contributed by atoms with Crippen LogP contribution in [0.5, 0.6) is 0 Å². The Hall–Kier alpha value is -3.10. The van der Waals surface area contributed by atoms with Crippen molar-refractivity contribution in [1.29, 1.82) is 0 Å². The SMILES string of the molecule is CC(C)(C)c1cc(-c2cc(=O)c3c(C(N)=O)nccc3[nH]2)n(CC2CC(F)(F)C2)n1. The molecule has 158 valence electrons. The fourth-order valence-corrected chi connectivity index (χ4v) is 3.82. The van der Waals surface area contributed by atoms with E-state index in [1.54, 1.807) is 10.7 Å². The van der Waals surface area contributed by atoms with Crippen LogP contribution in [0, 0.1) is 5.92 Å². The summed E-state index contributed by atoms with van der Waals surface area (Å²) in [6.07, 6.45) is 1.06. The zero-order valence-electron chi connectivity index (χ0n) is 17.0. The van der Waals surface area contributed by atoms with Crippen LogP contribution in [0.25, 0.3) is 22.3 Å². The van der Waals surface area contributed by atoms with Gasteiger partial charge in [-0.15, -0.1) is 0 Å². The average molecular weight is 415 g/mol. The number of H-pyrrole nitrogens is 1. The van der Waals surface area contributed by atoms with Gasteiger partial charge < -0.3 is 10.7 Å². The van der Waals surface area contributed by atoms with Gasteiger partial charge in [0.15, 0.2) is 5.43 Å². The number of hydrogen-bond acceptors (Lipinski definition) is 4. The van der Waals surface area contributed by atoms with E-state index in [4.69, 9.17) is 5.73 Å². The number of fused-ring (bicyclic) bond motifs is 1. The van der Waals surface area contributed by atoms with Gasteiger partial charge in [-0.2, -0.15) is 5.10 Å². The second kappa shape index (κ2) is 6.72. The number of nitrogens with one attached hydrogen (secondary N) is 1. The summed E-state index contributed by atoms with van der Waals surface area (Å²) in [6, 6.07) is 4.82. The first-order valence-corrected chi connectivity index (χ1v) is 9.73. The third-order valence-corrected chi connectivity index (χ3v) is 5.41. The highest BCUT2D eigenvalue weighted by molar-refractivity contribution is 6.03. The number of amides is 1. The first-order chi connectivity index (χ1) is 13.9.